The summed E-state index contributed by atoms with van der Waals surface area (Å²) < 4.78 is 27.4. The molecule has 1 fully saturated rings. The molecular weight excluding hydrogens is 426 g/mol. The topological polar surface area (TPSA) is 144 Å². The molecular formula is C21H25NO10. The van der Waals surface area contributed by atoms with Crippen molar-refractivity contribution in [3.05, 3.63) is 29.8 Å². The number of carbonyl (C=O) groups excluding carboxylic acids is 5. The Balaban J connectivity index is 2.49. The minimum atomic E-state index is -1.29. The van der Waals surface area contributed by atoms with Gasteiger partial charge in [0.15, 0.2) is 18.5 Å². The molecule has 11 nitrogen and oxygen atoms in total. The molecule has 11 heteroatoms. The highest BCUT2D eigenvalue weighted by atomic mass is 16.7. The maximum absolute atomic E-state index is 11.9. The van der Waals surface area contributed by atoms with Crippen LogP contribution in [0.4, 0.5) is 0 Å². The van der Waals surface area contributed by atoms with Crippen molar-refractivity contribution in [1.29, 1.82) is 0 Å². The van der Waals surface area contributed by atoms with Crippen LogP contribution in [-0.2, 0) is 38.1 Å². The van der Waals surface area contributed by atoms with E-state index in [4.69, 9.17) is 23.7 Å². The molecule has 1 amide bonds. The van der Waals surface area contributed by atoms with Crippen molar-refractivity contribution in [3.8, 4) is 5.75 Å². The lowest BCUT2D eigenvalue weighted by Gasteiger charge is -2.44. The lowest BCUT2D eigenvalue weighted by molar-refractivity contribution is -0.257. The lowest BCUT2D eigenvalue weighted by atomic mass is 9.96. The van der Waals surface area contributed by atoms with E-state index in [9.17, 15) is 24.0 Å². The fraction of sp³-hybridized carbons (Fsp3) is 0.476. The monoisotopic (exact) mass is 451 g/mol. The molecule has 1 N–H and O–H groups in total. The maximum Gasteiger partial charge on any atom is 0.303 e. The lowest BCUT2D eigenvalue weighted by Crippen LogP contribution is -2.67. The highest BCUT2D eigenvalue weighted by Gasteiger charge is 2.52. The van der Waals surface area contributed by atoms with Gasteiger partial charge in [-0.25, -0.2) is 0 Å². The summed E-state index contributed by atoms with van der Waals surface area (Å²) in [6, 6.07) is 5.15. The van der Waals surface area contributed by atoms with Crippen molar-refractivity contribution < 1.29 is 47.7 Å². The van der Waals surface area contributed by atoms with Gasteiger partial charge in [0.05, 0.1) is 5.56 Å². The quantitative estimate of drug-likeness (QED) is 0.338. The second-order valence-corrected chi connectivity index (χ2v) is 6.99. The van der Waals surface area contributed by atoms with E-state index in [2.05, 4.69) is 5.32 Å². The third-order valence-electron chi connectivity index (χ3n) is 4.36. The Morgan fingerprint density at radius 2 is 1.59 bits per heavy atom. The van der Waals surface area contributed by atoms with Gasteiger partial charge in [0.1, 0.15) is 24.5 Å². The maximum atomic E-state index is 11.9. The van der Waals surface area contributed by atoms with Crippen molar-refractivity contribution in [3.63, 3.8) is 0 Å². The largest absolute Gasteiger partial charge is 0.463 e. The number of ether oxygens (including phenoxy) is 5. The number of para-hydroxylation sites is 1. The van der Waals surface area contributed by atoms with Gasteiger partial charge in [-0.05, 0) is 12.1 Å². The average molecular weight is 451 g/mol. The molecule has 0 radical (unpaired) electrons. The molecule has 1 aromatic carbocycles. The molecule has 0 spiro atoms. The van der Waals surface area contributed by atoms with Crippen molar-refractivity contribution >= 4 is 30.1 Å². The minimum absolute atomic E-state index is 0.140. The van der Waals surface area contributed by atoms with Gasteiger partial charge in [-0.15, -0.1) is 0 Å². The van der Waals surface area contributed by atoms with E-state index >= 15 is 0 Å². The van der Waals surface area contributed by atoms with Crippen molar-refractivity contribution in [2.75, 3.05) is 6.61 Å². The minimum Gasteiger partial charge on any atom is -0.463 e. The van der Waals surface area contributed by atoms with Gasteiger partial charge >= 0.3 is 17.9 Å². The highest BCUT2D eigenvalue weighted by Crippen LogP contribution is 2.30. The van der Waals surface area contributed by atoms with E-state index in [1.807, 2.05) is 0 Å². The SMILES string of the molecule is CC(=O)N[C@H]1[C@@H](Oc2ccccc2C=O)O[C@@H](COC(C)=O)[C@@H](OC(C)=O)[C@H]1OC(C)=O. The summed E-state index contributed by atoms with van der Waals surface area (Å²) in [6.07, 6.45) is -4.30. The van der Waals surface area contributed by atoms with Crippen LogP contribution in [0.2, 0.25) is 0 Å². The van der Waals surface area contributed by atoms with Crippen LogP contribution >= 0.6 is 0 Å². The number of aldehydes is 1. The summed E-state index contributed by atoms with van der Waals surface area (Å²) in [5.74, 6) is -2.42. The number of carbonyl (C=O) groups is 5. The summed E-state index contributed by atoms with van der Waals surface area (Å²) in [5.41, 5.74) is 0.209. The molecule has 32 heavy (non-hydrogen) atoms. The van der Waals surface area contributed by atoms with E-state index in [0.717, 1.165) is 13.8 Å². The fourth-order valence-corrected chi connectivity index (χ4v) is 3.20. The molecule has 1 heterocycles. The summed E-state index contributed by atoms with van der Waals surface area (Å²) in [7, 11) is 0. The zero-order valence-corrected chi connectivity index (χ0v) is 18.1. The molecule has 5 atom stereocenters. The first-order chi connectivity index (χ1) is 15.1. The standard InChI is InChI=1S/C21H25NO10/c1-11(24)22-18-20(30-14(4)27)19(29-13(3)26)17(10-28-12(2)25)32-21(18)31-16-8-6-5-7-15(16)9-23/h5-9,17-21H,10H2,1-4H3,(H,22,24)/t17-,18+,19+,20-,21-/m0/s1. The molecule has 1 aliphatic rings. The number of hydrogen-bond acceptors (Lipinski definition) is 10. The van der Waals surface area contributed by atoms with Crippen molar-refractivity contribution in [2.24, 2.45) is 0 Å². The van der Waals surface area contributed by atoms with Crippen LogP contribution in [0.3, 0.4) is 0 Å². The molecule has 0 aliphatic carbocycles. The normalized spacial score (nSPS) is 24.6. The molecule has 0 bridgehead atoms. The Hall–Kier alpha value is -3.47. The van der Waals surface area contributed by atoms with Crippen LogP contribution < -0.4 is 10.1 Å². The van der Waals surface area contributed by atoms with E-state index in [0.29, 0.717) is 6.29 Å². The van der Waals surface area contributed by atoms with Crippen LogP contribution in [0.5, 0.6) is 5.75 Å². The zero-order chi connectivity index (χ0) is 23.8. The second kappa shape index (κ2) is 11.2. The van der Waals surface area contributed by atoms with Crippen LogP contribution in [0, 0.1) is 0 Å². The molecule has 0 saturated carbocycles. The Kier molecular flexibility index (Phi) is 8.71. The molecule has 0 unspecified atom stereocenters. The van der Waals surface area contributed by atoms with E-state index in [1.165, 1.54) is 26.0 Å². The number of benzene rings is 1. The van der Waals surface area contributed by atoms with Gasteiger partial charge in [0, 0.05) is 27.7 Å². The first-order valence-corrected chi connectivity index (χ1v) is 9.73. The van der Waals surface area contributed by atoms with E-state index in [1.54, 1.807) is 12.1 Å². The molecule has 174 valence electrons. The fourth-order valence-electron chi connectivity index (χ4n) is 3.20. The molecule has 1 aromatic rings. The Labute approximate surface area is 184 Å². The average Bonchev–Trinajstić information content (AvgIpc) is 2.70. The van der Waals surface area contributed by atoms with E-state index < -0.39 is 54.5 Å². The summed E-state index contributed by atoms with van der Waals surface area (Å²) in [4.78, 5) is 58.2. The number of rotatable bonds is 8. The van der Waals surface area contributed by atoms with Crippen LogP contribution in [0.15, 0.2) is 24.3 Å². The summed E-state index contributed by atoms with van der Waals surface area (Å²) in [5, 5.41) is 2.58. The van der Waals surface area contributed by atoms with Crippen molar-refractivity contribution in [1.82, 2.24) is 5.32 Å². The third-order valence-corrected chi connectivity index (χ3v) is 4.36. The van der Waals surface area contributed by atoms with Gasteiger partial charge < -0.3 is 29.0 Å². The van der Waals surface area contributed by atoms with Gasteiger partial charge in [0.2, 0.25) is 12.2 Å². The first-order valence-electron chi connectivity index (χ1n) is 9.73. The number of amides is 1. The van der Waals surface area contributed by atoms with Crippen LogP contribution in [0.1, 0.15) is 38.1 Å². The van der Waals surface area contributed by atoms with Crippen LogP contribution in [0.25, 0.3) is 0 Å². The summed E-state index contributed by atoms with van der Waals surface area (Å²) >= 11 is 0. The summed E-state index contributed by atoms with van der Waals surface area (Å²) in [6.45, 7) is 4.34. The van der Waals surface area contributed by atoms with E-state index in [-0.39, 0.29) is 17.9 Å². The Morgan fingerprint density at radius 3 is 2.16 bits per heavy atom. The number of esters is 3. The smallest absolute Gasteiger partial charge is 0.303 e. The van der Waals surface area contributed by atoms with Gasteiger partial charge in [-0.2, -0.15) is 0 Å². The van der Waals surface area contributed by atoms with Crippen LogP contribution in [-0.4, -0.2) is 67.4 Å². The third kappa shape index (κ3) is 6.77. The molecule has 2 rings (SSSR count). The Morgan fingerprint density at radius 1 is 0.969 bits per heavy atom. The van der Waals surface area contributed by atoms with Gasteiger partial charge in [-0.3, -0.25) is 24.0 Å². The van der Waals surface area contributed by atoms with Gasteiger partial charge in [-0.1, -0.05) is 12.1 Å². The van der Waals surface area contributed by atoms with Gasteiger partial charge in [0.25, 0.3) is 0 Å². The predicted molar refractivity (Wildman–Crippen MR) is 106 cm³/mol. The van der Waals surface area contributed by atoms with Crippen molar-refractivity contribution in [2.45, 2.75) is 58.3 Å². The Bertz CT molecular complexity index is 870. The highest BCUT2D eigenvalue weighted by molar-refractivity contribution is 5.79. The molecule has 0 aromatic heterocycles. The second-order valence-electron chi connectivity index (χ2n) is 6.99. The first kappa shape index (κ1) is 24.8. The predicted octanol–water partition coefficient (Wildman–Crippen LogP) is 0.534. The number of nitrogens with one attached hydrogen (secondary N) is 1. The molecule has 1 aliphatic heterocycles. The molecule has 1 saturated heterocycles. The number of hydrogen-bond donors (Lipinski definition) is 1. The zero-order valence-electron chi connectivity index (χ0n) is 18.1.